The van der Waals surface area contributed by atoms with Gasteiger partial charge in [0.15, 0.2) is 0 Å². The number of aromatic nitrogens is 5. The van der Waals surface area contributed by atoms with E-state index in [-0.39, 0.29) is 5.56 Å². The third-order valence-corrected chi connectivity index (χ3v) is 4.62. The largest absolute Gasteiger partial charge is 0.291 e. The Morgan fingerprint density at radius 1 is 0.857 bits per heavy atom. The van der Waals surface area contributed by atoms with Crippen LogP contribution in [0.15, 0.2) is 67.3 Å². The lowest BCUT2D eigenvalue weighted by molar-refractivity contribution is 0.514. The van der Waals surface area contributed by atoms with E-state index in [1.165, 1.54) is 6.07 Å². The zero-order valence-electron chi connectivity index (χ0n) is 15.3. The first-order valence-corrected chi connectivity index (χ1v) is 8.71. The number of pyridine rings is 3. The van der Waals surface area contributed by atoms with E-state index in [0.29, 0.717) is 11.4 Å². The fourth-order valence-corrected chi connectivity index (χ4v) is 2.98. The average Bonchev–Trinajstić information content (AvgIpc) is 3.23. The summed E-state index contributed by atoms with van der Waals surface area (Å²) in [6, 6.07) is 13.5. The van der Waals surface area contributed by atoms with Gasteiger partial charge in [0, 0.05) is 17.8 Å². The Morgan fingerprint density at radius 3 is 2.32 bits per heavy atom. The minimum absolute atomic E-state index is 0.152. The minimum Gasteiger partial charge on any atom is -0.291 e. The molecule has 140 valence electrons. The van der Waals surface area contributed by atoms with Crippen LogP contribution in [0.5, 0.6) is 0 Å². The molecule has 5 nitrogen and oxygen atoms in total. The molecule has 0 atom stereocenters. The standard InChI is InChI=1S/C21H17F2N5/c1-21(2,17-7-4-8-19(26-17)28-12-11-24-13-28)16-6-3-5-15(25-16)14-9-10-18(22)27-20(14)23/h3-13H,1-2H3. The van der Waals surface area contributed by atoms with Crippen molar-refractivity contribution in [1.82, 2.24) is 24.5 Å². The van der Waals surface area contributed by atoms with Gasteiger partial charge in [-0.1, -0.05) is 12.1 Å². The lowest BCUT2D eigenvalue weighted by Crippen LogP contribution is -2.23. The van der Waals surface area contributed by atoms with Crippen LogP contribution in [-0.4, -0.2) is 24.5 Å². The molecule has 0 radical (unpaired) electrons. The molecule has 0 N–H and O–H groups in total. The first-order valence-electron chi connectivity index (χ1n) is 8.71. The zero-order chi connectivity index (χ0) is 19.7. The highest BCUT2D eigenvalue weighted by molar-refractivity contribution is 5.59. The highest BCUT2D eigenvalue weighted by atomic mass is 19.1. The van der Waals surface area contributed by atoms with E-state index in [9.17, 15) is 8.78 Å². The predicted molar refractivity (Wildman–Crippen MR) is 101 cm³/mol. The maximum Gasteiger partial charge on any atom is 0.224 e. The number of hydrogen-bond donors (Lipinski definition) is 0. The molecular formula is C21H17F2N5. The molecule has 0 aliphatic heterocycles. The molecule has 0 fully saturated rings. The van der Waals surface area contributed by atoms with Gasteiger partial charge in [-0.15, -0.1) is 0 Å². The average molecular weight is 377 g/mol. The van der Waals surface area contributed by atoms with Gasteiger partial charge in [-0.25, -0.2) is 9.97 Å². The molecule has 0 aromatic carbocycles. The topological polar surface area (TPSA) is 56.5 Å². The summed E-state index contributed by atoms with van der Waals surface area (Å²) in [4.78, 5) is 16.7. The summed E-state index contributed by atoms with van der Waals surface area (Å²) in [6.07, 6.45) is 5.19. The number of nitrogens with zero attached hydrogens (tertiary/aromatic N) is 5. The molecule has 0 saturated carbocycles. The predicted octanol–water partition coefficient (Wildman–Crippen LogP) is 4.33. The van der Waals surface area contributed by atoms with Gasteiger partial charge in [0.1, 0.15) is 12.1 Å². The maximum atomic E-state index is 14.1. The second-order valence-electron chi connectivity index (χ2n) is 6.86. The molecule has 4 heterocycles. The molecule has 28 heavy (non-hydrogen) atoms. The summed E-state index contributed by atoms with van der Waals surface area (Å²) in [6.45, 7) is 4.00. The fourth-order valence-electron chi connectivity index (χ4n) is 2.98. The van der Waals surface area contributed by atoms with Gasteiger partial charge in [-0.3, -0.25) is 9.55 Å². The second kappa shape index (κ2) is 6.92. The van der Waals surface area contributed by atoms with Crippen molar-refractivity contribution in [2.75, 3.05) is 0 Å². The van der Waals surface area contributed by atoms with Crippen molar-refractivity contribution < 1.29 is 8.78 Å². The molecule has 0 aliphatic carbocycles. The summed E-state index contributed by atoms with van der Waals surface area (Å²) in [5.74, 6) is -1.01. The van der Waals surface area contributed by atoms with Crippen molar-refractivity contribution in [3.05, 3.63) is 90.5 Å². The van der Waals surface area contributed by atoms with Crippen LogP contribution in [0.2, 0.25) is 0 Å². The van der Waals surface area contributed by atoms with E-state index in [1.807, 2.05) is 48.9 Å². The minimum atomic E-state index is -0.886. The highest BCUT2D eigenvalue weighted by Gasteiger charge is 2.27. The van der Waals surface area contributed by atoms with Crippen LogP contribution < -0.4 is 0 Å². The Hall–Kier alpha value is -3.48. The molecule has 0 bridgehead atoms. The third-order valence-electron chi connectivity index (χ3n) is 4.62. The van der Waals surface area contributed by atoms with Crippen LogP contribution >= 0.6 is 0 Å². The van der Waals surface area contributed by atoms with Crippen molar-refractivity contribution in [1.29, 1.82) is 0 Å². The van der Waals surface area contributed by atoms with Crippen molar-refractivity contribution in [2.24, 2.45) is 0 Å². The van der Waals surface area contributed by atoms with E-state index >= 15 is 0 Å². The van der Waals surface area contributed by atoms with Crippen LogP contribution in [0, 0.1) is 11.9 Å². The Morgan fingerprint density at radius 2 is 1.61 bits per heavy atom. The lowest BCUT2D eigenvalue weighted by Gasteiger charge is -2.24. The van der Waals surface area contributed by atoms with Crippen molar-refractivity contribution in [2.45, 2.75) is 19.3 Å². The summed E-state index contributed by atoms with van der Waals surface area (Å²) in [7, 11) is 0. The Balaban J connectivity index is 1.75. The van der Waals surface area contributed by atoms with Gasteiger partial charge in [0.05, 0.1) is 22.6 Å². The molecule has 4 rings (SSSR count). The maximum absolute atomic E-state index is 14.1. The molecule has 4 aromatic heterocycles. The smallest absolute Gasteiger partial charge is 0.224 e. The van der Waals surface area contributed by atoms with E-state index in [0.717, 1.165) is 17.6 Å². The molecule has 7 heteroatoms. The van der Waals surface area contributed by atoms with Gasteiger partial charge in [0.2, 0.25) is 11.9 Å². The lowest BCUT2D eigenvalue weighted by atomic mass is 9.84. The second-order valence-corrected chi connectivity index (χ2v) is 6.86. The normalized spacial score (nSPS) is 11.6. The van der Waals surface area contributed by atoms with E-state index in [2.05, 4.69) is 15.0 Å². The molecule has 0 saturated heterocycles. The van der Waals surface area contributed by atoms with Crippen molar-refractivity contribution >= 4 is 0 Å². The van der Waals surface area contributed by atoms with E-state index in [1.54, 1.807) is 24.7 Å². The van der Waals surface area contributed by atoms with Crippen molar-refractivity contribution in [3.63, 3.8) is 0 Å². The summed E-state index contributed by atoms with van der Waals surface area (Å²) < 4.78 is 29.0. The fraction of sp³-hybridized carbons (Fsp3) is 0.143. The van der Waals surface area contributed by atoms with E-state index < -0.39 is 17.3 Å². The van der Waals surface area contributed by atoms with Gasteiger partial charge in [0.25, 0.3) is 0 Å². The number of hydrogen-bond acceptors (Lipinski definition) is 4. The molecule has 0 amide bonds. The molecule has 0 spiro atoms. The zero-order valence-corrected chi connectivity index (χ0v) is 15.3. The summed E-state index contributed by atoms with van der Waals surface area (Å²) in [5, 5.41) is 0. The molecule has 0 unspecified atom stereocenters. The van der Waals surface area contributed by atoms with Gasteiger partial charge >= 0.3 is 0 Å². The third kappa shape index (κ3) is 3.26. The number of imidazole rings is 1. The Bertz CT molecular complexity index is 1120. The van der Waals surface area contributed by atoms with Gasteiger partial charge in [-0.2, -0.15) is 13.8 Å². The highest BCUT2D eigenvalue weighted by Crippen LogP contribution is 2.31. The first kappa shape index (κ1) is 17.9. The number of halogens is 2. The molecule has 4 aromatic rings. The summed E-state index contributed by atoms with van der Waals surface area (Å²) in [5.41, 5.74) is 1.52. The van der Waals surface area contributed by atoms with Crippen LogP contribution in [0.3, 0.4) is 0 Å². The molecule has 0 aliphatic rings. The van der Waals surface area contributed by atoms with Crippen LogP contribution in [-0.2, 0) is 5.41 Å². The van der Waals surface area contributed by atoms with E-state index in [4.69, 9.17) is 4.98 Å². The Kier molecular flexibility index (Phi) is 4.43. The van der Waals surface area contributed by atoms with Crippen LogP contribution in [0.25, 0.3) is 17.1 Å². The number of rotatable bonds is 4. The quantitative estimate of drug-likeness (QED) is 0.497. The monoisotopic (exact) mass is 377 g/mol. The SMILES string of the molecule is CC(C)(c1cccc(-c2ccc(F)nc2F)n1)c1cccc(-n2ccnc2)n1. The molecular weight excluding hydrogens is 360 g/mol. The van der Waals surface area contributed by atoms with Gasteiger partial charge < -0.3 is 0 Å². The van der Waals surface area contributed by atoms with Crippen LogP contribution in [0.4, 0.5) is 8.78 Å². The summed E-state index contributed by atoms with van der Waals surface area (Å²) >= 11 is 0. The van der Waals surface area contributed by atoms with Gasteiger partial charge in [-0.05, 0) is 50.2 Å². The Labute approximate surface area is 160 Å². The van der Waals surface area contributed by atoms with Crippen LogP contribution in [0.1, 0.15) is 25.2 Å². The first-order chi connectivity index (χ1) is 13.4. The van der Waals surface area contributed by atoms with Crippen molar-refractivity contribution in [3.8, 4) is 17.1 Å².